The quantitative estimate of drug-likeness (QED) is 0.640. The van der Waals surface area contributed by atoms with Crippen LogP contribution in [0.5, 0.6) is 0 Å². The summed E-state index contributed by atoms with van der Waals surface area (Å²) in [7, 11) is -3.98. The summed E-state index contributed by atoms with van der Waals surface area (Å²) in [6.07, 6.45) is 4.32. The number of carbonyl (C=O) groups excluding carboxylic acids is 1. The molecule has 0 aliphatic carbocycles. The molecule has 1 aliphatic heterocycles. The molecule has 1 fully saturated rings. The van der Waals surface area contributed by atoms with E-state index < -0.39 is 15.9 Å². The van der Waals surface area contributed by atoms with Crippen LogP contribution in [0, 0.1) is 6.92 Å². The lowest BCUT2D eigenvalue weighted by molar-refractivity contribution is 0.00379. The number of hydrogen-bond acceptors (Lipinski definition) is 6. The molecule has 1 saturated heterocycles. The zero-order valence-corrected chi connectivity index (χ0v) is 17.4. The third-order valence-corrected chi connectivity index (χ3v) is 5.93. The topological polar surface area (TPSA) is 129 Å². The molecule has 3 heterocycles. The number of nitrogens with two attached hydrogens (primary N) is 1. The van der Waals surface area contributed by atoms with Gasteiger partial charge < -0.3 is 10.1 Å². The molecule has 0 spiro atoms. The summed E-state index contributed by atoms with van der Waals surface area (Å²) in [4.78, 5) is 16.9. The van der Waals surface area contributed by atoms with E-state index in [1.165, 1.54) is 18.3 Å². The Balaban J connectivity index is 1.70. The standard InChI is InChI=1S/C20H23N5O4S/c1-13-5-4-7-16-18(13)24-25(12-15-6-2-3-10-29-15)19(16)20(26)23-14-8-9-22-17(11-14)30(21,27)28/h4-5,7-9,11,15H,2-3,6,10,12H2,1H3,(H2,21,27,28)(H,22,23,26). The van der Waals surface area contributed by atoms with Crippen molar-refractivity contribution in [3.05, 3.63) is 47.8 Å². The van der Waals surface area contributed by atoms with Crippen molar-refractivity contribution in [3.63, 3.8) is 0 Å². The van der Waals surface area contributed by atoms with Crippen LogP contribution < -0.4 is 10.5 Å². The molecule has 1 unspecified atom stereocenters. The number of benzene rings is 1. The van der Waals surface area contributed by atoms with Gasteiger partial charge in [0.05, 0.1) is 18.2 Å². The number of nitrogens with one attached hydrogen (secondary N) is 1. The van der Waals surface area contributed by atoms with Crippen LogP contribution in [0.1, 0.15) is 35.3 Å². The Hall–Kier alpha value is -2.82. The highest BCUT2D eigenvalue weighted by Gasteiger charge is 2.23. The molecule has 1 atom stereocenters. The van der Waals surface area contributed by atoms with Crippen molar-refractivity contribution in [2.24, 2.45) is 5.14 Å². The number of sulfonamides is 1. The summed E-state index contributed by atoms with van der Waals surface area (Å²) in [5.74, 6) is -0.398. The maximum atomic E-state index is 13.2. The molecule has 0 saturated carbocycles. The van der Waals surface area contributed by atoms with Crippen LogP contribution >= 0.6 is 0 Å². The number of pyridine rings is 1. The minimum absolute atomic E-state index is 0.00479. The lowest BCUT2D eigenvalue weighted by Crippen LogP contribution is -2.28. The van der Waals surface area contributed by atoms with Crippen LogP contribution in [0.25, 0.3) is 10.9 Å². The fourth-order valence-corrected chi connectivity index (χ4v) is 4.14. The molecule has 9 nitrogen and oxygen atoms in total. The highest BCUT2D eigenvalue weighted by Crippen LogP contribution is 2.25. The van der Waals surface area contributed by atoms with Crippen molar-refractivity contribution < 1.29 is 17.9 Å². The van der Waals surface area contributed by atoms with Crippen LogP contribution in [-0.2, 0) is 21.3 Å². The van der Waals surface area contributed by atoms with Gasteiger partial charge in [0.2, 0.25) is 0 Å². The number of nitrogens with zero attached hydrogens (tertiary/aromatic N) is 3. The van der Waals surface area contributed by atoms with Crippen LogP contribution in [0.2, 0.25) is 0 Å². The van der Waals surface area contributed by atoms with Crippen molar-refractivity contribution >= 4 is 32.5 Å². The van der Waals surface area contributed by atoms with E-state index in [-0.39, 0.29) is 16.8 Å². The van der Waals surface area contributed by atoms with E-state index in [0.717, 1.165) is 35.7 Å². The monoisotopic (exact) mass is 429 g/mol. The van der Waals surface area contributed by atoms with Gasteiger partial charge in [-0.05, 0) is 37.8 Å². The minimum atomic E-state index is -3.98. The normalized spacial score (nSPS) is 17.2. The van der Waals surface area contributed by atoms with E-state index in [0.29, 0.717) is 18.8 Å². The number of amides is 1. The van der Waals surface area contributed by atoms with Gasteiger partial charge in [0.25, 0.3) is 15.9 Å². The second-order valence-electron chi connectivity index (χ2n) is 7.37. The van der Waals surface area contributed by atoms with Crippen LogP contribution in [-0.4, -0.2) is 41.8 Å². The van der Waals surface area contributed by atoms with Gasteiger partial charge >= 0.3 is 0 Å². The van der Waals surface area contributed by atoms with Crippen LogP contribution in [0.3, 0.4) is 0 Å². The number of aryl methyl sites for hydroxylation is 1. The van der Waals surface area contributed by atoms with Crippen molar-refractivity contribution in [2.45, 2.75) is 43.9 Å². The molecule has 1 amide bonds. The molecule has 1 aliphatic rings. The SMILES string of the molecule is Cc1cccc2c(C(=O)Nc3ccnc(S(N)(=O)=O)c3)n(CC3CCCCO3)nc12. The molecule has 1 aromatic carbocycles. The van der Waals surface area contributed by atoms with Gasteiger partial charge in [-0.25, -0.2) is 18.5 Å². The number of ether oxygens (including phenoxy) is 1. The zero-order valence-electron chi connectivity index (χ0n) is 16.5. The zero-order chi connectivity index (χ0) is 21.3. The predicted octanol–water partition coefficient (Wildman–Crippen LogP) is 2.21. The number of fused-ring (bicyclic) bond motifs is 1. The summed E-state index contributed by atoms with van der Waals surface area (Å²) in [6.45, 7) is 3.12. The largest absolute Gasteiger partial charge is 0.376 e. The number of primary sulfonamides is 1. The Bertz CT molecular complexity index is 1200. The highest BCUT2D eigenvalue weighted by atomic mass is 32.2. The average molecular weight is 430 g/mol. The van der Waals surface area contributed by atoms with Gasteiger partial charge in [0.1, 0.15) is 5.69 Å². The van der Waals surface area contributed by atoms with E-state index in [2.05, 4.69) is 15.4 Å². The number of rotatable bonds is 5. The average Bonchev–Trinajstić information content (AvgIpc) is 3.08. The maximum Gasteiger partial charge on any atom is 0.274 e. The second kappa shape index (κ2) is 8.13. The molecule has 3 N–H and O–H groups in total. The number of anilines is 1. The molecule has 10 heteroatoms. The van der Waals surface area contributed by atoms with E-state index in [1.54, 1.807) is 4.68 Å². The first-order valence-electron chi connectivity index (χ1n) is 9.71. The van der Waals surface area contributed by atoms with Crippen LogP contribution in [0.15, 0.2) is 41.6 Å². The summed E-state index contributed by atoms with van der Waals surface area (Å²) in [5.41, 5.74) is 2.39. The lowest BCUT2D eigenvalue weighted by Gasteiger charge is -2.23. The first-order valence-corrected chi connectivity index (χ1v) is 11.3. The van der Waals surface area contributed by atoms with Crippen molar-refractivity contribution in [3.8, 4) is 0 Å². The lowest BCUT2D eigenvalue weighted by atomic mass is 10.1. The Kier molecular flexibility index (Phi) is 5.54. The molecular weight excluding hydrogens is 406 g/mol. The summed E-state index contributed by atoms with van der Waals surface area (Å²) in [5, 5.41) is 13.0. The van der Waals surface area contributed by atoms with Gasteiger partial charge in [0.15, 0.2) is 5.03 Å². The Morgan fingerprint density at radius 3 is 2.90 bits per heavy atom. The molecule has 0 bridgehead atoms. The number of carbonyl (C=O) groups is 1. The Morgan fingerprint density at radius 1 is 1.33 bits per heavy atom. The Labute approximate surface area is 174 Å². The van der Waals surface area contributed by atoms with Crippen molar-refractivity contribution in [1.29, 1.82) is 0 Å². The van der Waals surface area contributed by atoms with Crippen molar-refractivity contribution in [1.82, 2.24) is 14.8 Å². The summed E-state index contributed by atoms with van der Waals surface area (Å²) < 4.78 is 30.6. The third-order valence-electron chi connectivity index (χ3n) is 5.12. The number of hydrogen-bond donors (Lipinski definition) is 2. The smallest absolute Gasteiger partial charge is 0.274 e. The first kappa shape index (κ1) is 20.5. The first-order chi connectivity index (χ1) is 14.3. The molecule has 2 aromatic heterocycles. The Morgan fingerprint density at radius 2 is 2.17 bits per heavy atom. The molecule has 4 rings (SSSR count). The van der Waals surface area contributed by atoms with Crippen LogP contribution in [0.4, 0.5) is 5.69 Å². The highest BCUT2D eigenvalue weighted by molar-refractivity contribution is 7.89. The van der Waals surface area contributed by atoms with Gasteiger partial charge in [-0.1, -0.05) is 18.2 Å². The van der Waals surface area contributed by atoms with Crippen molar-refractivity contribution in [2.75, 3.05) is 11.9 Å². The molecule has 30 heavy (non-hydrogen) atoms. The second-order valence-corrected chi connectivity index (χ2v) is 8.88. The van der Waals surface area contributed by atoms with Gasteiger partial charge in [-0.3, -0.25) is 9.48 Å². The van der Waals surface area contributed by atoms with E-state index in [4.69, 9.17) is 9.88 Å². The van der Waals surface area contributed by atoms with Gasteiger partial charge in [0, 0.05) is 29.9 Å². The fraction of sp³-hybridized carbons (Fsp3) is 0.350. The predicted molar refractivity (Wildman–Crippen MR) is 112 cm³/mol. The molecule has 0 radical (unpaired) electrons. The maximum absolute atomic E-state index is 13.2. The summed E-state index contributed by atoms with van der Waals surface area (Å²) >= 11 is 0. The van der Waals surface area contributed by atoms with E-state index >= 15 is 0 Å². The molecule has 158 valence electrons. The van der Waals surface area contributed by atoms with E-state index in [1.807, 2.05) is 25.1 Å². The van der Waals surface area contributed by atoms with Gasteiger partial charge in [-0.2, -0.15) is 5.10 Å². The number of aromatic nitrogens is 3. The molecular formula is C20H23N5O4S. The molecule has 3 aromatic rings. The minimum Gasteiger partial charge on any atom is -0.376 e. The van der Waals surface area contributed by atoms with Gasteiger partial charge in [-0.15, -0.1) is 0 Å². The summed E-state index contributed by atoms with van der Waals surface area (Å²) in [6, 6.07) is 8.41. The third kappa shape index (κ3) is 4.20. The fourth-order valence-electron chi connectivity index (χ4n) is 3.64. The van der Waals surface area contributed by atoms with E-state index in [9.17, 15) is 13.2 Å².